The highest BCUT2D eigenvalue weighted by Gasteiger charge is 2.33. The highest BCUT2D eigenvalue weighted by Crippen LogP contribution is 2.25. The van der Waals surface area contributed by atoms with E-state index in [0.29, 0.717) is 24.5 Å². The van der Waals surface area contributed by atoms with Crippen LogP contribution in [0.5, 0.6) is 5.75 Å². The van der Waals surface area contributed by atoms with E-state index >= 15 is 0 Å². The molecule has 1 aromatic heterocycles. The Morgan fingerprint density at radius 3 is 2.62 bits per heavy atom. The predicted octanol–water partition coefficient (Wildman–Crippen LogP) is 2.55. The van der Waals surface area contributed by atoms with Crippen LogP contribution in [0.15, 0.2) is 55.0 Å². The van der Waals surface area contributed by atoms with Crippen molar-refractivity contribution in [2.24, 2.45) is 0 Å². The van der Waals surface area contributed by atoms with Crippen LogP contribution in [0.3, 0.4) is 0 Å². The van der Waals surface area contributed by atoms with E-state index in [1.807, 2.05) is 0 Å². The lowest BCUT2D eigenvalue weighted by atomic mass is 10.3. The Bertz CT molecular complexity index is 891. The predicted molar refractivity (Wildman–Crippen MR) is 91.6 cm³/mol. The fourth-order valence-electron chi connectivity index (χ4n) is 2.60. The number of aryl methyl sites for hydroxylation is 1. The van der Waals surface area contributed by atoms with Crippen molar-refractivity contribution in [1.29, 1.82) is 0 Å². The Kier molecular flexibility index (Phi) is 4.80. The van der Waals surface area contributed by atoms with E-state index in [1.54, 1.807) is 37.3 Å². The standard InChI is InChI=1S/C16H16BrNO5S/c1-11-8-14(9-16(19)22-11)23-13-6-7-18(10-13)24(20,21)15-4-2-12(17)3-5-15/h2-5,8-9,13H,6-7,10H2,1H3. The van der Waals surface area contributed by atoms with E-state index in [9.17, 15) is 13.2 Å². The molecule has 1 aliphatic rings. The molecule has 1 unspecified atom stereocenters. The van der Waals surface area contributed by atoms with Crippen LogP contribution in [-0.4, -0.2) is 31.9 Å². The molecule has 1 atom stereocenters. The molecule has 2 heterocycles. The van der Waals surface area contributed by atoms with E-state index in [2.05, 4.69) is 15.9 Å². The Balaban J connectivity index is 1.72. The van der Waals surface area contributed by atoms with Crippen LogP contribution in [0.1, 0.15) is 12.2 Å². The highest BCUT2D eigenvalue weighted by atomic mass is 79.9. The quantitative estimate of drug-likeness (QED) is 0.769. The molecule has 2 aromatic rings. The van der Waals surface area contributed by atoms with Crippen molar-refractivity contribution < 1.29 is 17.6 Å². The van der Waals surface area contributed by atoms with Crippen LogP contribution in [0.4, 0.5) is 0 Å². The fraction of sp³-hybridized carbons (Fsp3) is 0.312. The summed E-state index contributed by atoms with van der Waals surface area (Å²) < 4.78 is 38.1. The van der Waals surface area contributed by atoms with Crippen molar-refractivity contribution in [3.63, 3.8) is 0 Å². The molecule has 0 amide bonds. The van der Waals surface area contributed by atoms with Crippen molar-refractivity contribution in [1.82, 2.24) is 4.31 Å². The van der Waals surface area contributed by atoms with Gasteiger partial charge in [0.1, 0.15) is 17.6 Å². The average molecular weight is 414 g/mol. The van der Waals surface area contributed by atoms with Gasteiger partial charge in [-0.3, -0.25) is 0 Å². The van der Waals surface area contributed by atoms with Gasteiger partial charge in [-0.25, -0.2) is 13.2 Å². The van der Waals surface area contributed by atoms with Crippen LogP contribution >= 0.6 is 15.9 Å². The summed E-state index contributed by atoms with van der Waals surface area (Å²) in [6.07, 6.45) is 0.270. The number of benzene rings is 1. The molecular weight excluding hydrogens is 398 g/mol. The number of hydrogen-bond donors (Lipinski definition) is 0. The van der Waals surface area contributed by atoms with Crippen molar-refractivity contribution in [2.45, 2.75) is 24.3 Å². The third-order valence-corrected chi connectivity index (χ3v) is 6.14. The van der Waals surface area contributed by atoms with Crippen molar-refractivity contribution >= 4 is 26.0 Å². The summed E-state index contributed by atoms with van der Waals surface area (Å²) in [5.74, 6) is 0.853. The summed E-state index contributed by atoms with van der Waals surface area (Å²) in [6, 6.07) is 9.41. The molecule has 8 heteroatoms. The molecule has 0 saturated carbocycles. The monoisotopic (exact) mass is 413 g/mol. The van der Waals surface area contributed by atoms with Crippen LogP contribution in [0.2, 0.25) is 0 Å². The SMILES string of the molecule is Cc1cc(OC2CCN(S(=O)(=O)c3ccc(Br)cc3)C2)cc(=O)o1. The first-order valence-corrected chi connectivity index (χ1v) is 9.62. The molecule has 0 radical (unpaired) electrons. The summed E-state index contributed by atoms with van der Waals surface area (Å²) in [5, 5.41) is 0. The van der Waals surface area contributed by atoms with Gasteiger partial charge < -0.3 is 9.15 Å². The summed E-state index contributed by atoms with van der Waals surface area (Å²) in [6.45, 7) is 2.29. The molecule has 1 aliphatic heterocycles. The van der Waals surface area contributed by atoms with Crippen LogP contribution in [0.25, 0.3) is 0 Å². The second-order valence-electron chi connectivity index (χ2n) is 5.57. The smallest absolute Gasteiger partial charge is 0.339 e. The van der Waals surface area contributed by atoms with Gasteiger partial charge in [-0.15, -0.1) is 0 Å². The summed E-state index contributed by atoms with van der Waals surface area (Å²) in [7, 11) is -3.54. The number of hydrogen-bond acceptors (Lipinski definition) is 5. The maximum absolute atomic E-state index is 12.6. The maximum Gasteiger partial charge on any atom is 0.339 e. The van der Waals surface area contributed by atoms with Crippen LogP contribution < -0.4 is 10.4 Å². The number of sulfonamides is 1. The molecule has 128 valence electrons. The lowest BCUT2D eigenvalue weighted by Crippen LogP contribution is -2.31. The minimum Gasteiger partial charge on any atom is -0.489 e. The zero-order valence-corrected chi connectivity index (χ0v) is 15.3. The van der Waals surface area contributed by atoms with Crippen molar-refractivity contribution in [3.8, 4) is 5.75 Å². The first-order valence-electron chi connectivity index (χ1n) is 7.39. The Labute approximate surface area is 148 Å². The minimum atomic E-state index is -3.54. The van der Waals surface area contributed by atoms with Gasteiger partial charge in [0.05, 0.1) is 17.5 Å². The molecule has 1 aromatic carbocycles. The topological polar surface area (TPSA) is 76.8 Å². The van der Waals surface area contributed by atoms with Gasteiger partial charge >= 0.3 is 5.63 Å². The Hall–Kier alpha value is -1.64. The van der Waals surface area contributed by atoms with Crippen LogP contribution in [-0.2, 0) is 10.0 Å². The molecule has 3 rings (SSSR count). The molecule has 0 aliphatic carbocycles. The third kappa shape index (κ3) is 3.71. The number of nitrogens with zero attached hydrogens (tertiary/aromatic N) is 1. The van der Waals surface area contributed by atoms with Gasteiger partial charge in [-0.05, 0) is 37.6 Å². The number of halogens is 1. The van der Waals surface area contributed by atoms with Crippen molar-refractivity contribution in [3.05, 3.63) is 57.1 Å². The van der Waals surface area contributed by atoms with Gasteiger partial charge in [0.25, 0.3) is 0 Å². The zero-order chi connectivity index (χ0) is 17.3. The lowest BCUT2D eigenvalue weighted by Gasteiger charge is -2.17. The molecule has 24 heavy (non-hydrogen) atoms. The second kappa shape index (κ2) is 6.70. The van der Waals surface area contributed by atoms with E-state index in [1.165, 1.54) is 10.4 Å². The largest absolute Gasteiger partial charge is 0.489 e. The van der Waals surface area contributed by atoms with E-state index in [-0.39, 0.29) is 17.5 Å². The fourth-order valence-corrected chi connectivity index (χ4v) is 4.35. The molecule has 1 fully saturated rings. The Morgan fingerprint density at radius 2 is 1.96 bits per heavy atom. The molecule has 0 spiro atoms. The minimum absolute atomic E-state index is 0.248. The van der Waals surface area contributed by atoms with Gasteiger partial charge in [0.15, 0.2) is 0 Å². The van der Waals surface area contributed by atoms with Crippen molar-refractivity contribution in [2.75, 3.05) is 13.1 Å². The summed E-state index contributed by atoms with van der Waals surface area (Å²) in [4.78, 5) is 11.6. The molecular formula is C16H16BrNO5S. The molecule has 0 N–H and O–H groups in total. The van der Waals surface area contributed by atoms with Gasteiger partial charge in [-0.2, -0.15) is 4.31 Å². The normalized spacial score (nSPS) is 18.7. The number of rotatable bonds is 4. The highest BCUT2D eigenvalue weighted by molar-refractivity contribution is 9.10. The zero-order valence-electron chi connectivity index (χ0n) is 12.9. The first kappa shape index (κ1) is 17.2. The first-order chi connectivity index (χ1) is 11.3. The number of ether oxygens (including phenoxy) is 1. The van der Waals surface area contributed by atoms with E-state index in [4.69, 9.17) is 9.15 Å². The van der Waals surface area contributed by atoms with E-state index in [0.717, 1.165) is 4.47 Å². The van der Waals surface area contributed by atoms with Gasteiger partial charge in [0.2, 0.25) is 10.0 Å². The third-order valence-electron chi connectivity index (χ3n) is 3.73. The van der Waals surface area contributed by atoms with Gasteiger partial charge in [-0.1, -0.05) is 15.9 Å². The summed E-state index contributed by atoms with van der Waals surface area (Å²) >= 11 is 3.29. The molecule has 6 nitrogen and oxygen atoms in total. The maximum atomic E-state index is 12.6. The Morgan fingerprint density at radius 1 is 1.25 bits per heavy atom. The summed E-state index contributed by atoms with van der Waals surface area (Å²) in [5.41, 5.74) is -0.484. The molecule has 1 saturated heterocycles. The van der Waals surface area contributed by atoms with E-state index < -0.39 is 15.6 Å². The second-order valence-corrected chi connectivity index (χ2v) is 8.42. The average Bonchev–Trinajstić information content (AvgIpc) is 2.96. The van der Waals surface area contributed by atoms with Crippen LogP contribution in [0, 0.1) is 6.92 Å². The lowest BCUT2D eigenvalue weighted by molar-refractivity contribution is 0.213. The van der Waals surface area contributed by atoms with Gasteiger partial charge in [0, 0.05) is 17.1 Å². The molecule has 0 bridgehead atoms.